The number of nitrogens with zero attached hydrogens (tertiary/aromatic N) is 2. The van der Waals surface area contributed by atoms with Crippen LogP contribution in [0.3, 0.4) is 0 Å². The highest BCUT2D eigenvalue weighted by Crippen LogP contribution is 2.42. The van der Waals surface area contributed by atoms with Gasteiger partial charge in [-0.05, 0) is 64.2 Å². The standard InChI is InChI=1S/C24H27Cl2N3O5/c1-12-17(13(2)27-19(12)24(33)34-5)21(30)18-20(14-7-8-15(25)16(26)11-14)29(23(32)22(18)31)10-6-9-28(3)4/h7-8,11,20,27,30H,6,9-10H2,1-5H3. The number of hydrogen-bond acceptors (Lipinski definition) is 6. The minimum atomic E-state index is -0.868. The van der Waals surface area contributed by atoms with Crippen molar-refractivity contribution in [3.05, 3.63) is 61.9 Å². The summed E-state index contributed by atoms with van der Waals surface area (Å²) in [6.45, 7) is 4.29. The second-order valence-electron chi connectivity index (χ2n) is 8.44. The minimum Gasteiger partial charge on any atom is -0.507 e. The van der Waals surface area contributed by atoms with Crippen molar-refractivity contribution < 1.29 is 24.2 Å². The van der Waals surface area contributed by atoms with Crippen molar-refractivity contribution in [2.45, 2.75) is 26.3 Å². The van der Waals surface area contributed by atoms with Crippen LogP contribution in [0.4, 0.5) is 0 Å². The zero-order valence-corrected chi connectivity index (χ0v) is 21.2. The maximum atomic E-state index is 13.2. The average molecular weight is 508 g/mol. The first kappa shape index (κ1) is 25.8. The average Bonchev–Trinajstić information content (AvgIpc) is 3.22. The molecule has 2 N–H and O–H groups in total. The van der Waals surface area contributed by atoms with Gasteiger partial charge >= 0.3 is 5.97 Å². The Morgan fingerprint density at radius 1 is 1.21 bits per heavy atom. The number of Topliss-reactive ketones (excluding diaryl/α,β-unsaturated/α-hetero) is 1. The van der Waals surface area contributed by atoms with Crippen LogP contribution in [0.1, 0.15) is 45.3 Å². The third-order valence-electron chi connectivity index (χ3n) is 5.87. The molecule has 1 saturated heterocycles. The molecule has 1 aromatic carbocycles. The molecule has 1 amide bonds. The molecular weight excluding hydrogens is 481 g/mol. The fourth-order valence-corrected chi connectivity index (χ4v) is 4.55. The van der Waals surface area contributed by atoms with Gasteiger partial charge in [-0.25, -0.2) is 4.79 Å². The van der Waals surface area contributed by atoms with E-state index < -0.39 is 23.7 Å². The van der Waals surface area contributed by atoms with Crippen LogP contribution in [0, 0.1) is 13.8 Å². The number of carbonyl (C=O) groups excluding carboxylic acids is 3. The Bertz CT molecular complexity index is 1190. The molecule has 0 aliphatic carbocycles. The number of methoxy groups -OCH3 is 1. The van der Waals surface area contributed by atoms with Crippen LogP contribution in [0.25, 0.3) is 5.76 Å². The number of aromatic nitrogens is 1. The molecule has 2 aromatic rings. The van der Waals surface area contributed by atoms with Crippen molar-refractivity contribution >= 4 is 46.6 Å². The molecule has 1 atom stereocenters. The minimum absolute atomic E-state index is 0.0742. The molecule has 0 saturated carbocycles. The summed E-state index contributed by atoms with van der Waals surface area (Å²) in [5, 5.41) is 12.0. The molecule has 1 aliphatic heterocycles. The van der Waals surface area contributed by atoms with Crippen molar-refractivity contribution in [3.63, 3.8) is 0 Å². The lowest BCUT2D eigenvalue weighted by atomic mass is 9.94. The summed E-state index contributed by atoms with van der Waals surface area (Å²) in [5.74, 6) is -2.50. The number of aliphatic hydroxyl groups excluding tert-OH is 1. The monoisotopic (exact) mass is 507 g/mol. The van der Waals surface area contributed by atoms with Gasteiger partial charge in [-0.1, -0.05) is 29.3 Å². The molecule has 10 heteroatoms. The maximum absolute atomic E-state index is 13.2. The molecule has 1 unspecified atom stereocenters. The number of ether oxygens (including phenoxy) is 1. The van der Waals surface area contributed by atoms with E-state index in [1.54, 1.807) is 32.0 Å². The highest BCUT2D eigenvalue weighted by molar-refractivity contribution is 6.47. The number of amides is 1. The van der Waals surface area contributed by atoms with Crippen molar-refractivity contribution in [2.24, 2.45) is 0 Å². The van der Waals surface area contributed by atoms with Crippen LogP contribution in [0.15, 0.2) is 23.8 Å². The van der Waals surface area contributed by atoms with E-state index in [0.717, 1.165) is 0 Å². The number of benzene rings is 1. The number of rotatable bonds is 7. The quantitative estimate of drug-likeness (QED) is 0.253. The Labute approximate surface area is 208 Å². The number of esters is 1. The van der Waals surface area contributed by atoms with Crippen LogP contribution in [0.2, 0.25) is 10.0 Å². The van der Waals surface area contributed by atoms with E-state index >= 15 is 0 Å². The number of H-pyrrole nitrogens is 1. The van der Waals surface area contributed by atoms with Gasteiger partial charge in [0.05, 0.1) is 28.8 Å². The lowest BCUT2D eigenvalue weighted by Gasteiger charge is -2.26. The molecule has 1 aromatic heterocycles. The fourth-order valence-electron chi connectivity index (χ4n) is 4.24. The molecule has 3 rings (SSSR count). The Morgan fingerprint density at radius 3 is 2.47 bits per heavy atom. The van der Waals surface area contributed by atoms with Crippen molar-refractivity contribution in [2.75, 3.05) is 34.3 Å². The second kappa shape index (κ2) is 10.2. The molecule has 0 radical (unpaired) electrons. The van der Waals surface area contributed by atoms with E-state index in [1.807, 2.05) is 19.0 Å². The first-order valence-corrected chi connectivity index (χ1v) is 11.4. The maximum Gasteiger partial charge on any atom is 0.354 e. The molecule has 34 heavy (non-hydrogen) atoms. The number of aromatic amines is 1. The number of carbonyl (C=O) groups is 3. The van der Waals surface area contributed by atoms with Gasteiger partial charge in [0, 0.05) is 17.8 Å². The summed E-state index contributed by atoms with van der Waals surface area (Å²) in [6.07, 6.45) is 0.618. The number of likely N-dealkylation sites (tertiary alicyclic amines) is 1. The predicted octanol–water partition coefficient (Wildman–Crippen LogP) is 4.10. The van der Waals surface area contributed by atoms with Crippen LogP contribution in [0.5, 0.6) is 0 Å². The highest BCUT2D eigenvalue weighted by atomic mass is 35.5. The van der Waals surface area contributed by atoms with Gasteiger partial charge in [-0.2, -0.15) is 0 Å². The van der Waals surface area contributed by atoms with Gasteiger partial charge in [-0.3, -0.25) is 9.59 Å². The summed E-state index contributed by atoms with van der Waals surface area (Å²) in [6, 6.07) is 3.98. The molecule has 0 spiro atoms. The molecule has 1 aliphatic rings. The Kier molecular flexibility index (Phi) is 7.75. The van der Waals surface area contributed by atoms with E-state index in [0.29, 0.717) is 41.4 Å². The van der Waals surface area contributed by atoms with Gasteiger partial charge in [-0.15, -0.1) is 0 Å². The third kappa shape index (κ3) is 4.71. The van der Waals surface area contributed by atoms with Crippen LogP contribution >= 0.6 is 23.2 Å². The number of ketones is 1. The SMILES string of the molecule is COC(=O)c1[nH]c(C)c(C(O)=C2C(=O)C(=O)N(CCCN(C)C)C2c2ccc(Cl)c(Cl)c2)c1C. The van der Waals surface area contributed by atoms with Crippen molar-refractivity contribution in [1.29, 1.82) is 0 Å². The van der Waals surface area contributed by atoms with Crippen molar-refractivity contribution in [3.8, 4) is 0 Å². The first-order valence-electron chi connectivity index (χ1n) is 10.7. The molecule has 8 nitrogen and oxygen atoms in total. The summed E-state index contributed by atoms with van der Waals surface area (Å²) < 4.78 is 4.80. The number of halogens is 2. The fraction of sp³-hybridized carbons (Fsp3) is 0.375. The zero-order chi connectivity index (χ0) is 25.3. The van der Waals surface area contributed by atoms with Gasteiger partial charge in [0.25, 0.3) is 11.7 Å². The normalized spacial score (nSPS) is 17.6. The summed E-state index contributed by atoms with van der Waals surface area (Å²) in [4.78, 5) is 44.7. The molecular formula is C24H27Cl2N3O5. The molecule has 182 valence electrons. The van der Waals surface area contributed by atoms with Gasteiger partial charge in [0.15, 0.2) is 0 Å². The third-order valence-corrected chi connectivity index (χ3v) is 6.61. The first-order chi connectivity index (χ1) is 16.0. The molecule has 1 fully saturated rings. The van der Waals surface area contributed by atoms with E-state index in [4.69, 9.17) is 27.9 Å². The summed E-state index contributed by atoms with van der Waals surface area (Å²) in [7, 11) is 5.09. The van der Waals surface area contributed by atoms with Crippen LogP contribution in [-0.2, 0) is 14.3 Å². The zero-order valence-electron chi connectivity index (χ0n) is 19.7. The Morgan fingerprint density at radius 2 is 1.88 bits per heavy atom. The highest BCUT2D eigenvalue weighted by Gasteiger charge is 2.46. The van der Waals surface area contributed by atoms with Gasteiger partial charge < -0.3 is 24.6 Å². The predicted molar refractivity (Wildman–Crippen MR) is 130 cm³/mol. The van der Waals surface area contributed by atoms with Crippen LogP contribution in [-0.4, -0.2) is 71.8 Å². The molecule has 0 bridgehead atoms. The lowest BCUT2D eigenvalue weighted by molar-refractivity contribution is -0.139. The summed E-state index contributed by atoms with van der Waals surface area (Å²) in [5.41, 5.74) is 1.77. The topological polar surface area (TPSA) is 103 Å². The van der Waals surface area contributed by atoms with Crippen LogP contribution < -0.4 is 0 Å². The largest absolute Gasteiger partial charge is 0.507 e. The van der Waals surface area contributed by atoms with Gasteiger partial charge in [0.2, 0.25) is 0 Å². The van der Waals surface area contributed by atoms with E-state index in [-0.39, 0.29) is 27.6 Å². The number of aliphatic hydroxyl groups is 1. The number of aryl methyl sites for hydroxylation is 1. The van der Waals surface area contributed by atoms with E-state index in [2.05, 4.69) is 4.98 Å². The smallest absolute Gasteiger partial charge is 0.354 e. The Balaban J connectivity index is 2.20. The number of hydrogen-bond donors (Lipinski definition) is 2. The lowest BCUT2D eigenvalue weighted by Crippen LogP contribution is -2.32. The van der Waals surface area contributed by atoms with E-state index in [9.17, 15) is 19.5 Å². The van der Waals surface area contributed by atoms with Crippen molar-refractivity contribution in [1.82, 2.24) is 14.8 Å². The Hall–Kier alpha value is -2.81. The van der Waals surface area contributed by atoms with Gasteiger partial charge in [0.1, 0.15) is 11.5 Å². The van der Waals surface area contributed by atoms with E-state index in [1.165, 1.54) is 12.0 Å². The second-order valence-corrected chi connectivity index (χ2v) is 9.25. The number of nitrogens with one attached hydrogen (secondary N) is 1. The summed E-state index contributed by atoms with van der Waals surface area (Å²) >= 11 is 12.3. The molecule has 2 heterocycles.